The molecule has 0 saturated carbocycles. The van der Waals surface area contributed by atoms with Gasteiger partial charge >= 0.3 is 0 Å². The lowest BCUT2D eigenvalue weighted by molar-refractivity contribution is -0.113. The number of ether oxygens (including phenoxy) is 1. The van der Waals surface area contributed by atoms with Gasteiger partial charge in [0.05, 0.1) is 11.3 Å². The summed E-state index contributed by atoms with van der Waals surface area (Å²) in [5, 5.41) is 3.05. The molecular formula is C14H16N2O2. The summed E-state index contributed by atoms with van der Waals surface area (Å²) in [4.78, 5) is 16.2. The van der Waals surface area contributed by atoms with Crippen molar-refractivity contribution in [3.05, 3.63) is 47.2 Å². The van der Waals surface area contributed by atoms with E-state index in [-0.39, 0.29) is 5.78 Å². The predicted octanol–water partition coefficient (Wildman–Crippen LogP) is 1.87. The van der Waals surface area contributed by atoms with Gasteiger partial charge in [0.2, 0.25) is 6.35 Å². The van der Waals surface area contributed by atoms with Gasteiger partial charge < -0.3 is 10.1 Å². The molecule has 2 rings (SSSR count). The summed E-state index contributed by atoms with van der Waals surface area (Å²) in [6.07, 6.45) is -0.441. The van der Waals surface area contributed by atoms with Crippen LogP contribution in [0, 0.1) is 0 Å². The number of hydrogen-bond donors (Lipinski definition) is 1. The van der Waals surface area contributed by atoms with Gasteiger partial charge in [-0.1, -0.05) is 30.3 Å². The number of ketones is 1. The maximum Gasteiger partial charge on any atom is 0.225 e. The second-order valence-corrected chi connectivity index (χ2v) is 4.13. The van der Waals surface area contributed by atoms with Crippen LogP contribution in [0.15, 0.2) is 46.6 Å². The largest absolute Gasteiger partial charge is 0.344 e. The smallest absolute Gasteiger partial charge is 0.225 e. The molecule has 1 aromatic carbocycles. The van der Waals surface area contributed by atoms with E-state index in [2.05, 4.69) is 10.3 Å². The molecule has 1 N–H and O–H groups in total. The monoisotopic (exact) mass is 244 g/mol. The third-order valence-electron chi connectivity index (χ3n) is 2.82. The Morgan fingerprint density at radius 1 is 1.33 bits per heavy atom. The molecule has 1 atom stereocenters. The molecule has 0 fully saturated rings. The van der Waals surface area contributed by atoms with Crippen molar-refractivity contribution in [1.82, 2.24) is 5.32 Å². The summed E-state index contributed by atoms with van der Waals surface area (Å²) in [5.41, 5.74) is 3.02. The van der Waals surface area contributed by atoms with Crippen LogP contribution in [-0.4, -0.2) is 25.0 Å². The molecule has 4 nitrogen and oxygen atoms in total. The molecule has 0 aromatic heterocycles. The number of aliphatic imine (C=N–C) groups is 1. The van der Waals surface area contributed by atoms with E-state index in [1.54, 1.807) is 14.0 Å². The molecular weight excluding hydrogens is 228 g/mol. The number of nitrogens with zero attached hydrogens (tertiary/aromatic N) is 1. The first-order chi connectivity index (χ1) is 8.63. The molecule has 1 aromatic rings. The van der Waals surface area contributed by atoms with Crippen molar-refractivity contribution in [1.29, 1.82) is 0 Å². The Bertz CT molecular complexity index is 518. The van der Waals surface area contributed by atoms with Crippen molar-refractivity contribution in [3.8, 4) is 0 Å². The third kappa shape index (κ3) is 2.33. The fraction of sp³-hybridized carbons (Fsp3) is 0.286. The molecule has 1 aliphatic rings. The quantitative estimate of drug-likeness (QED) is 0.883. The maximum atomic E-state index is 11.8. The van der Waals surface area contributed by atoms with E-state index in [0.717, 1.165) is 11.3 Å². The highest BCUT2D eigenvalue weighted by atomic mass is 16.5. The van der Waals surface area contributed by atoms with Crippen molar-refractivity contribution in [2.75, 3.05) is 7.11 Å². The van der Waals surface area contributed by atoms with Crippen molar-refractivity contribution in [3.63, 3.8) is 0 Å². The Balaban J connectivity index is 2.52. The number of Topliss-reactive ketones (excluding diaryl/α,β-unsaturated/α-hetero) is 1. The summed E-state index contributed by atoms with van der Waals surface area (Å²) in [6.45, 7) is 3.41. The van der Waals surface area contributed by atoms with E-state index >= 15 is 0 Å². The first-order valence-corrected chi connectivity index (χ1v) is 5.78. The minimum absolute atomic E-state index is 0.00263. The standard InChI is InChI=1S/C14H16N2O2/c1-9-12(10(2)17)13(16-14(15-9)18-3)11-7-5-4-6-8-11/h4-8,14-15H,1-3H3. The van der Waals surface area contributed by atoms with E-state index in [1.807, 2.05) is 37.3 Å². The summed E-state index contributed by atoms with van der Waals surface area (Å²) >= 11 is 0. The fourth-order valence-corrected chi connectivity index (χ4v) is 2.01. The second kappa shape index (κ2) is 5.14. The number of carbonyl (C=O) groups excluding carboxylic acids is 1. The average Bonchev–Trinajstić information content (AvgIpc) is 2.38. The number of carbonyl (C=O) groups is 1. The molecule has 1 unspecified atom stereocenters. The van der Waals surface area contributed by atoms with Crippen molar-refractivity contribution in [2.45, 2.75) is 20.2 Å². The van der Waals surface area contributed by atoms with Crippen LogP contribution < -0.4 is 5.32 Å². The van der Waals surface area contributed by atoms with Crippen LogP contribution in [0.1, 0.15) is 19.4 Å². The molecule has 1 heterocycles. The van der Waals surface area contributed by atoms with Crippen LogP contribution in [0.4, 0.5) is 0 Å². The van der Waals surface area contributed by atoms with E-state index in [0.29, 0.717) is 11.3 Å². The summed E-state index contributed by atoms with van der Waals surface area (Å²) in [5.74, 6) is -0.00263. The van der Waals surface area contributed by atoms with Gasteiger partial charge in [-0.15, -0.1) is 0 Å². The number of nitrogens with one attached hydrogen (secondary N) is 1. The Morgan fingerprint density at radius 3 is 2.56 bits per heavy atom. The van der Waals surface area contributed by atoms with Gasteiger partial charge in [-0.25, -0.2) is 4.99 Å². The molecule has 18 heavy (non-hydrogen) atoms. The zero-order valence-corrected chi connectivity index (χ0v) is 10.7. The highest BCUT2D eigenvalue weighted by molar-refractivity contribution is 6.28. The Kier molecular flexibility index (Phi) is 3.58. The van der Waals surface area contributed by atoms with Crippen LogP contribution in [0.3, 0.4) is 0 Å². The number of allylic oxidation sites excluding steroid dienone is 2. The van der Waals surface area contributed by atoms with Crippen molar-refractivity contribution < 1.29 is 9.53 Å². The predicted molar refractivity (Wildman–Crippen MR) is 70.3 cm³/mol. The third-order valence-corrected chi connectivity index (χ3v) is 2.82. The minimum Gasteiger partial charge on any atom is -0.344 e. The van der Waals surface area contributed by atoms with E-state index < -0.39 is 6.35 Å². The fourth-order valence-electron chi connectivity index (χ4n) is 2.01. The molecule has 94 valence electrons. The lowest BCUT2D eigenvalue weighted by Gasteiger charge is -2.24. The molecule has 0 amide bonds. The van der Waals surface area contributed by atoms with Crippen LogP contribution in [0.5, 0.6) is 0 Å². The lowest BCUT2D eigenvalue weighted by Crippen LogP contribution is -2.36. The molecule has 0 aliphatic carbocycles. The van der Waals surface area contributed by atoms with Crippen LogP contribution in [-0.2, 0) is 9.53 Å². The summed E-state index contributed by atoms with van der Waals surface area (Å²) < 4.78 is 5.20. The molecule has 0 spiro atoms. The molecule has 4 heteroatoms. The van der Waals surface area contributed by atoms with Crippen LogP contribution in [0.25, 0.3) is 0 Å². The van der Waals surface area contributed by atoms with Gasteiger partial charge in [0, 0.05) is 18.4 Å². The first-order valence-electron chi connectivity index (χ1n) is 5.78. The maximum absolute atomic E-state index is 11.8. The summed E-state index contributed by atoms with van der Waals surface area (Å²) in [7, 11) is 1.58. The van der Waals surface area contributed by atoms with Crippen LogP contribution >= 0.6 is 0 Å². The molecule has 1 aliphatic heterocycles. The van der Waals surface area contributed by atoms with Crippen molar-refractivity contribution in [2.24, 2.45) is 4.99 Å². The molecule has 0 radical (unpaired) electrons. The minimum atomic E-state index is -0.441. The first kappa shape index (κ1) is 12.5. The Hall–Kier alpha value is -1.94. The van der Waals surface area contributed by atoms with E-state index in [4.69, 9.17) is 4.74 Å². The zero-order chi connectivity index (χ0) is 13.1. The second-order valence-electron chi connectivity index (χ2n) is 4.13. The van der Waals surface area contributed by atoms with Gasteiger partial charge in [0.25, 0.3) is 0 Å². The highest BCUT2D eigenvalue weighted by Crippen LogP contribution is 2.19. The zero-order valence-electron chi connectivity index (χ0n) is 10.7. The average molecular weight is 244 g/mol. The topological polar surface area (TPSA) is 50.7 Å². The van der Waals surface area contributed by atoms with E-state index in [9.17, 15) is 4.79 Å². The number of benzene rings is 1. The van der Waals surface area contributed by atoms with Gasteiger partial charge in [0.15, 0.2) is 5.78 Å². The van der Waals surface area contributed by atoms with Gasteiger partial charge in [-0.2, -0.15) is 0 Å². The normalized spacial score (nSPS) is 19.3. The van der Waals surface area contributed by atoms with E-state index in [1.165, 1.54) is 0 Å². The van der Waals surface area contributed by atoms with Crippen molar-refractivity contribution >= 4 is 11.5 Å². The molecule has 0 saturated heterocycles. The Morgan fingerprint density at radius 2 is 2.00 bits per heavy atom. The lowest BCUT2D eigenvalue weighted by atomic mass is 9.97. The van der Waals surface area contributed by atoms with Gasteiger partial charge in [-0.3, -0.25) is 4.79 Å². The highest BCUT2D eigenvalue weighted by Gasteiger charge is 2.24. The number of methoxy groups -OCH3 is 1. The number of hydrogen-bond acceptors (Lipinski definition) is 4. The SMILES string of the molecule is COC1N=C(c2ccccc2)C(C(C)=O)=C(C)N1. The Labute approximate surface area is 106 Å². The van der Waals surface area contributed by atoms with Crippen LogP contribution in [0.2, 0.25) is 0 Å². The summed E-state index contributed by atoms with van der Waals surface area (Å²) in [6, 6.07) is 9.66. The van der Waals surface area contributed by atoms with Gasteiger partial charge in [-0.05, 0) is 13.8 Å². The van der Waals surface area contributed by atoms with Gasteiger partial charge in [0.1, 0.15) is 0 Å². The number of rotatable bonds is 3. The molecule has 0 bridgehead atoms.